The molecular weight excluding hydrogens is 600 g/mol. The Balaban J connectivity index is 1.62. The molecular formula is C21H20Cl8O4. The van der Waals surface area contributed by atoms with E-state index in [9.17, 15) is 0 Å². The maximum Gasteiger partial charge on any atom is 0.217 e. The van der Waals surface area contributed by atoms with Crippen molar-refractivity contribution in [1.29, 1.82) is 0 Å². The molecule has 0 amide bonds. The Hall–Kier alpha value is 1.64. The number of halogens is 8. The minimum Gasteiger partial charge on any atom is -0.350 e. The molecule has 0 saturated heterocycles. The Morgan fingerprint density at radius 1 is 0.515 bits per heavy atom. The minimum atomic E-state index is -1.49. The summed E-state index contributed by atoms with van der Waals surface area (Å²) in [6.45, 7) is 0. The highest BCUT2D eigenvalue weighted by Crippen LogP contribution is 2.88. The van der Waals surface area contributed by atoms with Gasteiger partial charge in [0.05, 0.1) is 20.1 Å². The summed E-state index contributed by atoms with van der Waals surface area (Å²) in [6, 6.07) is 0. The van der Waals surface area contributed by atoms with Crippen molar-refractivity contribution in [3.05, 3.63) is 20.1 Å². The second kappa shape index (κ2) is 6.79. The van der Waals surface area contributed by atoms with Crippen LogP contribution in [0.1, 0.15) is 6.42 Å². The molecule has 4 nitrogen and oxygen atoms in total. The van der Waals surface area contributed by atoms with Gasteiger partial charge in [0.25, 0.3) is 0 Å². The first-order valence-electron chi connectivity index (χ1n) is 10.4. The van der Waals surface area contributed by atoms with E-state index >= 15 is 0 Å². The van der Waals surface area contributed by atoms with Crippen LogP contribution in [0.5, 0.6) is 0 Å². The lowest BCUT2D eigenvalue weighted by Gasteiger charge is -2.48. The lowest BCUT2D eigenvalue weighted by molar-refractivity contribution is -0.228. The van der Waals surface area contributed by atoms with Crippen molar-refractivity contribution in [2.45, 2.75) is 37.5 Å². The molecule has 10 atom stereocenters. The molecule has 184 valence electrons. The first-order valence-corrected chi connectivity index (χ1v) is 13.5. The van der Waals surface area contributed by atoms with Crippen molar-refractivity contribution in [3.63, 3.8) is 0 Å². The summed E-state index contributed by atoms with van der Waals surface area (Å²) in [5, 5.41) is 0.914. The Bertz CT molecular complexity index is 893. The Labute approximate surface area is 232 Å². The minimum absolute atomic E-state index is 0.104. The Morgan fingerprint density at radius 2 is 0.727 bits per heavy atom. The number of rotatable bonds is 4. The summed E-state index contributed by atoms with van der Waals surface area (Å²) in [5.41, 5.74) is 0. The molecule has 6 bridgehead atoms. The summed E-state index contributed by atoms with van der Waals surface area (Å²) in [5.74, 6) is -4.28. The van der Waals surface area contributed by atoms with Crippen LogP contribution in [0.2, 0.25) is 0 Å². The highest BCUT2D eigenvalue weighted by molar-refractivity contribution is 6.53. The summed E-state index contributed by atoms with van der Waals surface area (Å²) in [7, 11) is 5.97. The average molecular weight is 620 g/mol. The summed E-state index contributed by atoms with van der Waals surface area (Å²) in [6.07, 6.45) is 0.742. The summed E-state index contributed by atoms with van der Waals surface area (Å²) < 4.78 is 23.7. The van der Waals surface area contributed by atoms with Gasteiger partial charge in [0.15, 0.2) is 0 Å². The number of alkyl halides is 4. The monoisotopic (exact) mass is 616 g/mol. The van der Waals surface area contributed by atoms with Gasteiger partial charge < -0.3 is 18.9 Å². The van der Waals surface area contributed by atoms with Crippen LogP contribution in [-0.4, -0.2) is 59.5 Å². The molecule has 0 heterocycles. The van der Waals surface area contributed by atoms with Gasteiger partial charge in [0.1, 0.15) is 19.5 Å². The number of methoxy groups -OCH3 is 4. The maximum atomic E-state index is 7.41. The van der Waals surface area contributed by atoms with Crippen LogP contribution < -0.4 is 0 Å². The zero-order valence-corrected chi connectivity index (χ0v) is 23.9. The normalized spacial score (nSPS) is 56.4. The van der Waals surface area contributed by atoms with Gasteiger partial charge in [-0.1, -0.05) is 46.4 Å². The molecule has 6 rings (SSSR count). The second-order valence-electron chi connectivity index (χ2n) is 9.82. The van der Waals surface area contributed by atoms with E-state index in [1.54, 1.807) is 0 Å². The lowest BCUT2D eigenvalue weighted by atomic mass is 9.61. The van der Waals surface area contributed by atoms with Gasteiger partial charge in [-0.25, -0.2) is 0 Å². The fraction of sp³-hybridized carbons (Fsp3) is 0.810. The first kappa shape index (κ1) is 24.9. The SMILES string of the molecule is COC1(OC)[C@@]2(Cl)C(Cl)=C(Cl)[C@]1(Cl)[C@H]1C3CC([C@H]12)[C@H]1[C@@H]3[C@]2(Cl)C(Cl)=C(Cl)[C@@]1(Cl)C2(OC)OC. The molecule has 6 aliphatic carbocycles. The molecule has 0 aliphatic heterocycles. The Kier molecular flexibility index (Phi) is 5.13. The smallest absolute Gasteiger partial charge is 0.217 e. The highest BCUT2D eigenvalue weighted by atomic mass is 35.5. The van der Waals surface area contributed by atoms with Crippen molar-refractivity contribution in [1.82, 2.24) is 0 Å². The standard InChI is InChI=1S/C21H20Cl8O4/c1-30-20(31-2)16(26)8-6-5-7(9(8)17(20,27)13(23)12(16)22)11-10(6)18(28)14(24)15(25)19(11,29)21(18,32-3)33-4/h6-11H,5H2,1-4H3/t6?,7?,8-,9+,10+,11-,16+,17-,18-,19+. The zero-order chi connectivity index (χ0) is 24.3. The van der Waals surface area contributed by atoms with Crippen LogP contribution in [0.3, 0.4) is 0 Å². The van der Waals surface area contributed by atoms with Crippen LogP contribution >= 0.6 is 92.8 Å². The van der Waals surface area contributed by atoms with E-state index in [2.05, 4.69) is 0 Å². The van der Waals surface area contributed by atoms with Gasteiger partial charge >= 0.3 is 0 Å². The van der Waals surface area contributed by atoms with Crippen LogP contribution in [0.15, 0.2) is 20.1 Å². The molecule has 12 heteroatoms. The van der Waals surface area contributed by atoms with E-state index in [0.29, 0.717) is 0 Å². The maximum absolute atomic E-state index is 7.41. The van der Waals surface area contributed by atoms with Crippen LogP contribution in [-0.2, 0) is 18.9 Å². The third kappa shape index (κ3) is 1.89. The predicted octanol–water partition coefficient (Wildman–Crippen LogP) is 6.42. The lowest BCUT2D eigenvalue weighted by Crippen LogP contribution is -2.60. The van der Waals surface area contributed by atoms with Gasteiger partial charge in [-0.2, -0.15) is 0 Å². The third-order valence-corrected chi connectivity index (χ3v) is 15.0. The molecule has 0 N–H and O–H groups in total. The van der Waals surface area contributed by atoms with Crippen molar-refractivity contribution in [3.8, 4) is 0 Å². The quantitative estimate of drug-likeness (QED) is 0.207. The molecule has 2 unspecified atom stereocenters. The largest absolute Gasteiger partial charge is 0.350 e. The fourth-order valence-corrected chi connectivity index (χ4v) is 13.8. The van der Waals surface area contributed by atoms with Gasteiger partial charge in [-0.3, -0.25) is 0 Å². The van der Waals surface area contributed by atoms with Gasteiger partial charge in [-0.15, -0.1) is 46.4 Å². The zero-order valence-electron chi connectivity index (χ0n) is 17.8. The average Bonchev–Trinajstić information content (AvgIpc) is 3.52. The van der Waals surface area contributed by atoms with Gasteiger partial charge in [0, 0.05) is 28.4 Å². The molecule has 33 heavy (non-hydrogen) atoms. The van der Waals surface area contributed by atoms with Crippen LogP contribution in [0, 0.1) is 35.5 Å². The van der Waals surface area contributed by atoms with E-state index < -0.39 is 31.1 Å². The highest BCUT2D eigenvalue weighted by Gasteiger charge is 2.95. The van der Waals surface area contributed by atoms with Crippen molar-refractivity contribution in [2.24, 2.45) is 35.5 Å². The molecule has 4 fully saturated rings. The number of hydrogen-bond acceptors (Lipinski definition) is 4. The van der Waals surface area contributed by atoms with Gasteiger partial charge in [-0.05, 0) is 41.9 Å². The van der Waals surface area contributed by atoms with E-state index in [1.165, 1.54) is 28.4 Å². The molecule has 0 aromatic carbocycles. The van der Waals surface area contributed by atoms with Gasteiger partial charge in [0.2, 0.25) is 11.6 Å². The predicted molar refractivity (Wildman–Crippen MR) is 131 cm³/mol. The van der Waals surface area contributed by atoms with Crippen molar-refractivity contribution >= 4 is 92.8 Å². The summed E-state index contributed by atoms with van der Waals surface area (Å²) in [4.78, 5) is -5.32. The molecule has 6 aliphatic rings. The van der Waals surface area contributed by atoms with Crippen molar-refractivity contribution in [2.75, 3.05) is 28.4 Å². The molecule has 0 aromatic rings. The fourth-order valence-electron chi connectivity index (χ4n) is 9.15. The van der Waals surface area contributed by atoms with E-state index in [0.717, 1.165) is 6.42 Å². The molecule has 4 saturated carbocycles. The summed E-state index contributed by atoms with van der Waals surface area (Å²) >= 11 is 56.8. The van der Waals surface area contributed by atoms with Crippen LogP contribution in [0.25, 0.3) is 0 Å². The third-order valence-electron chi connectivity index (χ3n) is 9.73. The van der Waals surface area contributed by atoms with Crippen molar-refractivity contribution < 1.29 is 18.9 Å². The number of fused-ring (bicyclic) bond motifs is 16. The Morgan fingerprint density at radius 3 is 0.909 bits per heavy atom. The van der Waals surface area contributed by atoms with E-state index in [1.807, 2.05) is 0 Å². The van der Waals surface area contributed by atoms with E-state index in [4.69, 9.17) is 112 Å². The molecule has 0 radical (unpaired) electrons. The van der Waals surface area contributed by atoms with E-state index in [-0.39, 0.29) is 55.6 Å². The second-order valence-corrected chi connectivity index (χ2v) is 13.7. The molecule has 0 aromatic heterocycles. The topological polar surface area (TPSA) is 36.9 Å². The van der Waals surface area contributed by atoms with Crippen LogP contribution in [0.4, 0.5) is 0 Å². The number of ether oxygens (including phenoxy) is 4. The first-order chi connectivity index (χ1) is 15.3. The number of hydrogen-bond donors (Lipinski definition) is 0. The molecule has 0 spiro atoms.